The van der Waals surface area contributed by atoms with E-state index in [9.17, 15) is 0 Å². The van der Waals surface area contributed by atoms with Crippen LogP contribution in [-0.2, 0) is 65.4 Å². The first-order chi connectivity index (χ1) is 24.3. The Kier molecular flexibility index (Phi) is 23.1. The van der Waals surface area contributed by atoms with Crippen molar-refractivity contribution in [3.63, 3.8) is 0 Å². The van der Waals surface area contributed by atoms with Crippen LogP contribution in [0.15, 0.2) is 55.2 Å². The van der Waals surface area contributed by atoms with Crippen LogP contribution in [0.25, 0.3) is 0 Å². The monoisotopic (exact) mass is 702 g/mol. The van der Waals surface area contributed by atoms with Crippen LogP contribution in [0, 0.1) is 0 Å². The third-order valence-electron chi connectivity index (χ3n) is 6.27. The van der Waals surface area contributed by atoms with E-state index >= 15 is 0 Å². The molecule has 0 bridgehead atoms. The molecule has 0 fully saturated rings. The summed E-state index contributed by atoms with van der Waals surface area (Å²) in [6.07, 6.45) is 8.93. The highest BCUT2D eigenvalue weighted by Crippen LogP contribution is 1.96. The Morgan fingerprint density at radius 1 is 0.280 bits per heavy atom. The number of rotatable bonds is 10. The number of hydrogen-bond acceptors (Lipinski definition) is 11. The second-order valence-corrected chi connectivity index (χ2v) is 9.91. The van der Waals surface area contributed by atoms with Gasteiger partial charge < -0.3 is 57.3 Å². The highest BCUT2D eigenvalue weighted by Gasteiger charge is 1.99. The Hall–Kier alpha value is -5.07. The molecule has 0 aliphatic rings. The second kappa shape index (κ2) is 26.8. The lowest BCUT2D eigenvalue weighted by atomic mass is 10.2. The van der Waals surface area contributed by atoms with Gasteiger partial charge >= 0.3 is 0 Å². The van der Waals surface area contributed by atoms with E-state index in [0.29, 0.717) is 57.5 Å². The average Bonchev–Trinajstić information content (AvgIpc) is 3.21. The van der Waals surface area contributed by atoms with Crippen LogP contribution >= 0.6 is 0 Å². The van der Waals surface area contributed by atoms with Gasteiger partial charge in [-0.25, -0.2) is 9.97 Å². The number of hydrogen-bond donors (Lipinski definition) is 10. The molecule has 5 aromatic rings. The van der Waals surface area contributed by atoms with Gasteiger partial charge in [0, 0.05) is 29.7 Å². The van der Waals surface area contributed by atoms with E-state index in [2.05, 4.69) is 113 Å². The summed E-state index contributed by atoms with van der Waals surface area (Å²) >= 11 is 0. The zero-order chi connectivity index (χ0) is 37.0. The summed E-state index contributed by atoms with van der Waals surface area (Å²) in [5.41, 5.74) is 43.8. The maximum absolute atomic E-state index is 4.17. The lowest BCUT2D eigenvalue weighted by molar-refractivity contribution is -0.391. The Bertz CT molecular complexity index is 1130. The highest BCUT2D eigenvalue weighted by molar-refractivity contribution is 5.12. The minimum absolute atomic E-state index is 0.525. The van der Waals surface area contributed by atoms with E-state index in [0.717, 1.165) is 59.5 Å². The van der Waals surface area contributed by atoms with Gasteiger partial charge in [-0.05, 0) is 24.3 Å². The van der Waals surface area contributed by atoms with Crippen LogP contribution in [0.2, 0.25) is 0 Å². The van der Waals surface area contributed by atoms with Crippen LogP contribution in [0.3, 0.4) is 0 Å². The number of aromatic nitrogens is 11. The van der Waals surface area contributed by atoms with Crippen molar-refractivity contribution in [2.24, 2.45) is 0 Å². The van der Waals surface area contributed by atoms with Crippen LogP contribution < -0.4 is 57.3 Å². The first-order valence-electron chi connectivity index (χ1n) is 16.2. The first-order valence-corrected chi connectivity index (χ1v) is 16.2. The molecule has 270 valence electrons. The Labute approximate surface area is 290 Å². The molecule has 0 spiro atoms. The number of quaternary nitrogens is 10. The van der Waals surface area contributed by atoms with E-state index < -0.39 is 0 Å². The van der Waals surface area contributed by atoms with Gasteiger partial charge in [0.2, 0.25) is 11.6 Å². The molecule has 5 heterocycles. The molecule has 0 aliphatic heterocycles. The van der Waals surface area contributed by atoms with Crippen molar-refractivity contribution in [1.82, 2.24) is 55.5 Å². The second-order valence-electron chi connectivity index (χ2n) is 9.91. The molecule has 30 N–H and O–H groups in total. The summed E-state index contributed by atoms with van der Waals surface area (Å²) < 4.78 is 0. The minimum Gasteiger partial charge on any atom is -0.354 e. The topological polar surface area (TPSA) is 418 Å². The normalized spacial score (nSPS) is 9.80. The average molecular weight is 702 g/mol. The van der Waals surface area contributed by atoms with Crippen LogP contribution in [0.1, 0.15) is 57.1 Å². The van der Waals surface area contributed by atoms with E-state index in [1.807, 2.05) is 30.5 Å². The number of pyridine rings is 1. The van der Waals surface area contributed by atoms with Crippen molar-refractivity contribution in [2.75, 3.05) is 0 Å². The van der Waals surface area contributed by atoms with Crippen molar-refractivity contribution < 1.29 is 57.3 Å². The van der Waals surface area contributed by atoms with Gasteiger partial charge in [-0.15, -0.1) is 30.6 Å². The summed E-state index contributed by atoms with van der Waals surface area (Å²) in [7, 11) is 0. The Morgan fingerprint density at radius 3 is 0.920 bits per heavy atom. The zero-order valence-electron chi connectivity index (χ0n) is 29.3. The predicted molar refractivity (Wildman–Crippen MR) is 174 cm³/mol. The maximum atomic E-state index is 4.17. The van der Waals surface area contributed by atoms with Crippen LogP contribution in [0.5, 0.6) is 0 Å². The molecule has 0 radical (unpaired) electrons. The van der Waals surface area contributed by atoms with Crippen LogP contribution in [0.4, 0.5) is 0 Å². The van der Waals surface area contributed by atoms with E-state index in [-0.39, 0.29) is 0 Å². The fourth-order valence-electron chi connectivity index (χ4n) is 3.16. The SMILES string of the molecule is [NH3+]Cc1ccc(C[NH3+])nc1.[NH3+]Cc1ccc(C[NH3+])nn1.[NH3+]Cc1cnc(C[NH3+])cn1.[NH3+]Cc1cnc(C[NH3+])nc1.[NH3+]Cc1nnc(C[NH3+])nn1. The van der Waals surface area contributed by atoms with Gasteiger partial charge in [0.1, 0.15) is 88.2 Å². The van der Waals surface area contributed by atoms with E-state index in [4.69, 9.17) is 0 Å². The molecule has 0 aromatic carbocycles. The third-order valence-corrected chi connectivity index (χ3v) is 6.27. The molecule has 5 rings (SSSR count). The maximum Gasteiger partial charge on any atom is 0.227 e. The van der Waals surface area contributed by atoms with Gasteiger partial charge in [0.25, 0.3) is 0 Å². The molecule has 0 amide bonds. The third kappa shape index (κ3) is 17.9. The Balaban J connectivity index is 0.000000312. The summed E-state index contributed by atoms with van der Waals surface area (Å²) in [5.74, 6) is 1.92. The largest absolute Gasteiger partial charge is 0.354 e. The standard InChI is InChI=1S/C7H11N3.3C6H10N4.C4H8N6/c8-3-6-1-2-7(4-9)10-5-6;7-1-5-3-10-6(2-8)4-9-5;7-1-5-3-9-6(2-8)10-4-5;7-3-5-1-2-6(4-8)10-9-5;5-1-3-7-9-4(2-6)10-8-3/h1-2,5H,3-4,8-9H2;2*3-4H,1-2,7-8H2;1-2H,3-4,7-8H2;1-2,5-6H2/p+10. The van der Waals surface area contributed by atoms with Crippen molar-refractivity contribution in [1.29, 1.82) is 0 Å². The molecule has 5 aromatic heterocycles. The predicted octanol–water partition coefficient (Wildman–Crippen LogP) is -10.8. The molecule has 21 heteroatoms. The molecule has 0 saturated heterocycles. The van der Waals surface area contributed by atoms with Crippen molar-refractivity contribution in [2.45, 2.75) is 65.4 Å². The van der Waals surface area contributed by atoms with Crippen LogP contribution in [-0.4, -0.2) is 55.5 Å². The molecule has 0 atom stereocenters. The minimum atomic E-state index is 0.525. The van der Waals surface area contributed by atoms with Gasteiger partial charge in [-0.1, -0.05) is 0 Å². The Morgan fingerprint density at radius 2 is 0.640 bits per heavy atom. The molecular weight excluding hydrogens is 642 g/mol. The van der Waals surface area contributed by atoms with Gasteiger partial charge in [-0.3, -0.25) is 15.0 Å². The molecule has 0 unspecified atom stereocenters. The van der Waals surface area contributed by atoms with Gasteiger partial charge in [0.05, 0.1) is 18.1 Å². The number of nitrogens with zero attached hydrogens (tertiary/aromatic N) is 11. The fraction of sp³-hybridized carbons (Fsp3) is 0.345. The molecule has 0 saturated carbocycles. The van der Waals surface area contributed by atoms with E-state index in [1.165, 1.54) is 5.56 Å². The van der Waals surface area contributed by atoms with Crippen molar-refractivity contribution in [3.05, 3.63) is 112 Å². The summed E-state index contributed by atoms with van der Waals surface area (Å²) in [6, 6.07) is 7.90. The quantitative estimate of drug-likeness (QED) is 0.0651. The fourth-order valence-corrected chi connectivity index (χ4v) is 3.16. The van der Waals surface area contributed by atoms with Crippen molar-refractivity contribution >= 4 is 0 Å². The molecule has 50 heavy (non-hydrogen) atoms. The van der Waals surface area contributed by atoms with Gasteiger partial charge in [-0.2, -0.15) is 0 Å². The lowest BCUT2D eigenvalue weighted by Crippen LogP contribution is -2.49. The molecule has 21 nitrogen and oxygen atoms in total. The summed E-state index contributed by atoms with van der Waals surface area (Å²) in [6.45, 7) is 6.81. The van der Waals surface area contributed by atoms with Gasteiger partial charge in [0.15, 0.2) is 5.82 Å². The summed E-state index contributed by atoms with van der Waals surface area (Å²) in [5, 5.41) is 22.8. The van der Waals surface area contributed by atoms with Crippen molar-refractivity contribution in [3.8, 4) is 0 Å². The smallest absolute Gasteiger partial charge is 0.227 e. The highest BCUT2D eigenvalue weighted by atomic mass is 15.3. The zero-order valence-corrected chi connectivity index (χ0v) is 29.3. The lowest BCUT2D eigenvalue weighted by Gasteiger charge is -1.93. The first kappa shape index (κ1) is 43.0. The summed E-state index contributed by atoms with van der Waals surface area (Å²) in [4.78, 5) is 20.5. The molecule has 0 aliphatic carbocycles. The van der Waals surface area contributed by atoms with E-state index in [1.54, 1.807) is 24.8 Å². The molecular formula is C29H59N21+10.